The molecule has 0 unspecified atom stereocenters. The van der Waals surface area contributed by atoms with Crippen molar-refractivity contribution in [3.05, 3.63) is 71.1 Å². The average molecular weight is 439 g/mol. The van der Waals surface area contributed by atoms with E-state index >= 15 is 0 Å². The number of hydrogen-bond donors (Lipinski definition) is 1. The van der Waals surface area contributed by atoms with Gasteiger partial charge in [0.15, 0.2) is 5.82 Å². The summed E-state index contributed by atoms with van der Waals surface area (Å²) in [6, 6.07) is 11.4. The second-order valence-corrected chi connectivity index (χ2v) is 7.54. The number of ether oxygens (including phenoxy) is 2. The van der Waals surface area contributed by atoms with Crippen molar-refractivity contribution in [1.82, 2.24) is 25.0 Å². The van der Waals surface area contributed by atoms with Crippen molar-refractivity contribution in [2.45, 2.75) is 26.1 Å². The number of benzene rings is 2. The quantitative estimate of drug-likeness (QED) is 0.609. The Kier molecular flexibility index (Phi) is 6.65. The molecule has 1 aliphatic rings. The van der Waals surface area contributed by atoms with Crippen LogP contribution in [0.1, 0.15) is 27.6 Å². The average Bonchev–Trinajstić information content (AvgIpc) is 3.09. The molecule has 1 aliphatic heterocycles. The number of fused-ring (bicyclic) bond motifs is 1. The molecule has 0 fully saturated rings. The minimum atomic E-state index is -0.444. The Balaban J connectivity index is 1.41. The van der Waals surface area contributed by atoms with E-state index in [-0.39, 0.29) is 18.0 Å². The van der Waals surface area contributed by atoms with Crippen molar-refractivity contribution in [2.75, 3.05) is 27.3 Å². The van der Waals surface area contributed by atoms with E-state index in [9.17, 15) is 9.18 Å². The van der Waals surface area contributed by atoms with E-state index in [1.807, 2.05) is 22.8 Å². The number of aromatic nitrogens is 3. The van der Waals surface area contributed by atoms with Crippen LogP contribution < -0.4 is 14.8 Å². The van der Waals surface area contributed by atoms with E-state index in [1.54, 1.807) is 20.3 Å². The van der Waals surface area contributed by atoms with E-state index in [4.69, 9.17) is 9.47 Å². The lowest BCUT2D eigenvalue weighted by molar-refractivity contribution is 0.0949. The molecular weight excluding hydrogens is 413 g/mol. The molecule has 8 nitrogen and oxygen atoms in total. The molecule has 0 spiro atoms. The summed E-state index contributed by atoms with van der Waals surface area (Å²) in [6.45, 7) is 3.22. The summed E-state index contributed by atoms with van der Waals surface area (Å²) in [5, 5.41) is 11.4. The number of nitrogens with one attached hydrogen (secondary N) is 1. The number of methoxy groups -OCH3 is 2. The summed E-state index contributed by atoms with van der Waals surface area (Å²) < 4.78 is 26.5. The fraction of sp³-hybridized carbons (Fsp3) is 0.348. The Hall–Kier alpha value is -3.46. The Labute approximate surface area is 186 Å². The van der Waals surface area contributed by atoms with Crippen LogP contribution in [0.2, 0.25) is 0 Å². The highest BCUT2D eigenvalue weighted by Gasteiger charge is 2.21. The zero-order chi connectivity index (χ0) is 22.5. The van der Waals surface area contributed by atoms with Crippen molar-refractivity contribution in [1.29, 1.82) is 0 Å². The minimum Gasteiger partial charge on any atom is -0.496 e. The highest BCUT2D eigenvalue weighted by Crippen LogP contribution is 2.30. The second kappa shape index (κ2) is 9.78. The van der Waals surface area contributed by atoms with Crippen LogP contribution in [0.3, 0.4) is 0 Å². The van der Waals surface area contributed by atoms with E-state index < -0.39 is 5.82 Å². The molecule has 1 amide bonds. The molecule has 168 valence electrons. The molecule has 1 aromatic heterocycles. The first-order chi connectivity index (χ1) is 15.6. The van der Waals surface area contributed by atoms with Crippen LogP contribution in [0.5, 0.6) is 11.5 Å². The molecule has 0 aliphatic carbocycles. The lowest BCUT2D eigenvalue weighted by Crippen LogP contribution is -2.28. The van der Waals surface area contributed by atoms with Gasteiger partial charge in [0.05, 0.1) is 26.3 Å². The highest BCUT2D eigenvalue weighted by atomic mass is 19.1. The van der Waals surface area contributed by atoms with Gasteiger partial charge in [-0.1, -0.05) is 12.1 Å². The van der Waals surface area contributed by atoms with Gasteiger partial charge < -0.3 is 19.4 Å². The monoisotopic (exact) mass is 439 g/mol. The van der Waals surface area contributed by atoms with Crippen LogP contribution in [0.25, 0.3) is 0 Å². The van der Waals surface area contributed by atoms with Crippen molar-refractivity contribution < 1.29 is 18.7 Å². The van der Waals surface area contributed by atoms with Crippen LogP contribution in [0.4, 0.5) is 4.39 Å². The molecule has 0 radical (unpaired) electrons. The standard InChI is InChI=1S/C23H26FN5O3/c1-31-19-7-4-8-20(32-2)18(19)15-28-10-9-21-26-27-22(29(21)12-11-28)14-25-23(30)16-5-3-6-17(24)13-16/h3-8,13H,9-12,14-15H2,1-2H3,(H,25,30). The van der Waals surface area contributed by atoms with Gasteiger partial charge in [-0.3, -0.25) is 9.69 Å². The van der Waals surface area contributed by atoms with Gasteiger partial charge in [0.2, 0.25) is 0 Å². The molecule has 0 saturated carbocycles. The van der Waals surface area contributed by atoms with E-state index in [0.29, 0.717) is 18.9 Å². The van der Waals surface area contributed by atoms with Crippen molar-refractivity contribution >= 4 is 5.91 Å². The molecular formula is C23H26FN5O3. The third kappa shape index (κ3) is 4.72. The van der Waals surface area contributed by atoms with E-state index in [2.05, 4.69) is 20.4 Å². The van der Waals surface area contributed by atoms with Gasteiger partial charge in [-0.05, 0) is 30.3 Å². The summed E-state index contributed by atoms with van der Waals surface area (Å²) in [5.41, 5.74) is 1.29. The fourth-order valence-electron chi connectivity index (χ4n) is 3.91. The number of halogens is 1. The lowest BCUT2D eigenvalue weighted by atomic mass is 10.1. The number of carbonyl (C=O) groups excluding carboxylic acids is 1. The molecule has 9 heteroatoms. The summed E-state index contributed by atoms with van der Waals surface area (Å²) in [4.78, 5) is 14.7. The first-order valence-corrected chi connectivity index (χ1v) is 10.5. The third-order valence-corrected chi connectivity index (χ3v) is 5.60. The molecule has 0 saturated heterocycles. The van der Waals surface area contributed by atoms with Crippen LogP contribution in [-0.2, 0) is 26.1 Å². The normalized spacial score (nSPS) is 13.8. The molecule has 4 rings (SSSR count). The molecule has 1 N–H and O–H groups in total. The maximum atomic E-state index is 13.4. The van der Waals surface area contributed by atoms with E-state index in [0.717, 1.165) is 42.4 Å². The predicted molar refractivity (Wildman–Crippen MR) is 116 cm³/mol. The number of amides is 1. The fourth-order valence-corrected chi connectivity index (χ4v) is 3.91. The van der Waals surface area contributed by atoms with Gasteiger partial charge in [-0.2, -0.15) is 0 Å². The van der Waals surface area contributed by atoms with Crippen LogP contribution >= 0.6 is 0 Å². The SMILES string of the molecule is COc1cccc(OC)c1CN1CCc2nnc(CNC(=O)c3cccc(F)c3)n2CC1. The maximum absolute atomic E-state index is 13.4. The molecule has 2 heterocycles. The van der Waals surface area contributed by atoms with Gasteiger partial charge in [0.1, 0.15) is 23.1 Å². The number of hydrogen-bond acceptors (Lipinski definition) is 6. The zero-order valence-electron chi connectivity index (χ0n) is 18.2. The van der Waals surface area contributed by atoms with Gasteiger partial charge in [0, 0.05) is 38.2 Å². The van der Waals surface area contributed by atoms with Crippen LogP contribution in [0, 0.1) is 5.82 Å². The lowest BCUT2D eigenvalue weighted by Gasteiger charge is -2.22. The molecule has 3 aromatic rings. The predicted octanol–water partition coefficient (Wildman–Crippen LogP) is 2.42. The first kappa shape index (κ1) is 21.8. The Morgan fingerprint density at radius 2 is 1.81 bits per heavy atom. The number of carbonyl (C=O) groups is 1. The summed E-state index contributed by atoms with van der Waals surface area (Å²) >= 11 is 0. The van der Waals surface area contributed by atoms with Crippen molar-refractivity contribution in [3.8, 4) is 11.5 Å². The van der Waals surface area contributed by atoms with Gasteiger partial charge in [-0.25, -0.2) is 4.39 Å². The molecule has 2 aromatic carbocycles. The summed E-state index contributed by atoms with van der Waals surface area (Å²) in [5.74, 6) is 2.37. The van der Waals surface area contributed by atoms with Crippen molar-refractivity contribution in [3.63, 3.8) is 0 Å². The summed E-state index contributed by atoms with van der Waals surface area (Å²) in [7, 11) is 3.32. The molecule has 0 bridgehead atoms. The van der Waals surface area contributed by atoms with Crippen molar-refractivity contribution in [2.24, 2.45) is 0 Å². The van der Waals surface area contributed by atoms with Gasteiger partial charge in [-0.15, -0.1) is 10.2 Å². The second-order valence-electron chi connectivity index (χ2n) is 7.54. The molecule has 0 atom stereocenters. The highest BCUT2D eigenvalue weighted by molar-refractivity contribution is 5.94. The topological polar surface area (TPSA) is 81.5 Å². The van der Waals surface area contributed by atoms with Crippen LogP contribution in [-0.4, -0.2) is 52.9 Å². The Morgan fingerprint density at radius 3 is 2.53 bits per heavy atom. The minimum absolute atomic E-state index is 0.225. The zero-order valence-corrected chi connectivity index (χ0v) is 18.2. The van der Waals surface area contributed by atoms with E-state index in [1.165, 1.54) is 18.2 Å². The largest absolute Gasteiger partial charge is 0.496 e. The Bertz CT molecular complexity index is 1080. The number of nitrogens with zero attached hydrogens (tertiary/aromatic N) is 4. The first-order valence-electron chi connectivity index (χ1n) is 10.5. The third-order valence-electron chi connectivity index (χ3n) is 5.60. The Morgan fingerprint density at radius 1 is 1.06 bits per heavy atom. The number of rotatable bonds is 7. The van der Waals surface area contributed by atoms with Crippen LogP contribution in [0.15, 0.2) is 42.5 Å². The summed E-state index contributed by atoms with van der Waals surface area (Å²) in [6.07, 6.45) is 0.738. The van der Waals surface area contributed by atoms with Gasteiger partial charge >= 0.3 is 0 Å². The molecule has 32 heavy (non-hydrogen) atoms. The maximum Gasteiger partial charge on any atom is 0.251 e. The smallest absolute Gasteiger partial charge is 0.251 e. The van der Waals surface area contributed by atoms with Gasteiger partial charge in [0.25, 0.3) is 5.91 Å².